The second-order valence-electron chi connectivity index (χ2n) is 2.00. The molecule has 6 heteroatoms. The molecule has 0 unspecified atom stereocenters. The molecule has 1 heterocycles. The zero-order valence-electron chi connectivity index (χ0n) is 5.71. The smallest absolute Gasteiger partial charge is 0.338 e. The van der Waals surface area contributed by atoms with Crippen LogP contribution in [0.3, 0.4) is 0 Å². The molecule has 1 rings (SSSR count). The van der Waals surface area contributed by atoms with Crippen LogP contribution in [-0.4, -0.2) is 16.1 Å². The van der Waals surface area contributed by atoms with E-state index < -0.39 is 23.2 Å². The molecular weight excluding hydrogens is 187 g/mol. The number of hydrogen-bond donors (Lipinski definition) is 2. The summed E-state index contributed by atoms with van der Waals surface area (Å²) >= 11 is 5.36. The molecule has 0 aliphatic carbocycles. The Balaban J connectivity index is 3.33. The number of halogens is 2. The maximum absolute atomic E-state index is 12.6. The van der Waals surface area contributed by atoms with Crippen LogP contribution in [0, 0.1) is 5.82 Å². The van der Waals surface area contributed by atoms with Gasteiger partial charge in [0, 0.05) is 0 Å². The summed E-state index contributed by atoms with van der Waals surface area (Å²) in [6.45, 7) is 0. The molecule has 0 spiro atoms. The van der Waals surface area contributed by atoms with Gasteiger partial charge in [-0.2, -0.15) is 0 Å². The van der Waals surface area contributed by atoms with Crippen molar-refractivity contribution in [2.75, 3.05) is 5.73 Å². The van der Waals surface area contributed by atoms with Crippen molar-refractivity contribution in [2.45, 2.75) is 0 Å². The molecule has 1 aromatic rings. The lowest BCUT2D eigenvalue weighted by Gasteiger charge is -1.99. The van der Waals surface area contributed by atoms with Crippen LogP contribution < -0.4 is 5.73 Å². The highest BCUT2D eigenvalue weighted by molar-refractivity contribution is 6.32. The monoisotopic (exact) mass is 190 g/mol. The van der Waals surface area contributed by atoms with E-state index in [9.17, 15) is 9.18 Å². The number of hydrogen-bond acceptors (Lipinski definition) is 3. The van der Waals surface area contributed by atoms with Crippen molar-refractivity contribution in [1.82, 2.24) is 4.98 Å². The van der Waals surface area contributed by atoms with Gasteiger partial charge in [0.15, 0.2) is 11.6 Å². The van der Waals surface area contributed by atoms with Crippen LogP contribution in [0.5, 0.6) is 0 Å². The molecule has 0 fully saturated rings. The standard InChI is InChI=1S/C6H4ClFN2O2/c7-4-2(6(11)12)1-3(8)5(9)10-4/h1H,(H2,9,10)(H,11,12). The summed E-state index contributed by atoms with van der Waals surface area (Å²) in [6.07, 6.45) is 0. The van der Waals surface area contributed by atoms with E-state index in [0.717, 1.165) is 6.07 Å². The van der Waals surface area contributed by atoms with Crippen molar-refractivity contribution in [3.63, 3.8) is 0 Å². The summed E-state index contributed by atoms with van der Waals surface area (Å²) in [6, 6.07) is 0.729. The Hall–Kier alpha value is -1.36. The largest absolute Gasteiger partial charge is 0.478 e. The fourth-order valence-electron chi connectivity index (χ4n) is 0.630. The van der Waals surface area contributed by atoms with Crippen molar-refractivity contribution >= 4 is 23.4 Å². The minimum absolute atomic E-state index is 0.318. The molecule has 0 amide bonds. The van der Waals surface area contributed by atoms with Crippen molar-refractivity contribution in [2.24, 2.45) is 0 Å². The first kappa shape index (κ1) is 8.73. The Morgan fingerprint density at radius 3 is 2.83 bits per heavy atom. The van der Waals surface area contributed by atoms with Crippen LogP contribution in [0.2, 0.25) is 5.15 Å². The van der Waals surface area contributed by atoms with Gasteiger partial charge < -0.3 is 10.8 Å². The number of nitrogens with zero attached hydrogens (tertiary/aromatic N) is 1. The number of pyridine rings is 1. The quantitative estimate of drug-likeness (QED) is 0.652. The minimum atomic E-state index is -1.34. The van der Waals surface area contributed by atoms with Gasteiger partial charge in [0.2, 0.25) is 0 Å². The molecule has 0 aliphatic heterocycles. The average molecular weight is 191 g/mol. The molecular formula is C6H4ClFN2O2. The zero-order chi connectivity index (χ0) is 9.30. The van der Waals surface area contributed by atoms with Gasteiger partial charge in [0.25, 0.3) is 0 Å². The number of aromatic nitrogens is 1. The van der Waals surface area contributed by atoms with Crippen LogP contribution in [0.25, 0.3) is 0 Å². The fraction of sp³-hybridized carbons (Fsp3) is 0. The molecule has 0 saturated carbocycles. The summed E-state index contributed by atoms with van der Waals surface area (Å²) in [4.78, 5) is 13.6. The van der Waals surface area contributed by atoms with Crippen molar-refractivity contribution in [3.05, 3.63) is 22.6 Å². The van der Waals surface area contributed by atoms with E-state index >= 15 is 0 Å². The third-order valence-electron chi connectivity index (χ3n) is 1.19. The topological polar surface area (TPSA) is 76.2 Å². The maximum Gasteiger partial charge on any atom is 0.338 e. The number of nitrogen functional groups attached to an aromatic ring is 1. The number of carboxylic acid groups (broad SMARTS) is 1. The van der Waals surface area contributed by atoms with Crippen molar-refractivity contribution in [3.8, 4) is 0 Å². The van der Waals surface area contributed by atoms with Gasteiger partial charge in [-0.05, 0) is 6.07 Å². The lowest BCUT2D eigenvalue weighted by atomic mass is 10.3. The normalized spacial score (nSPS) is 9.83. The van der Waals surface area contributed by atoms with E-state index in [4.69, 9.17) is 22.4 Å². The first-order valence-corrected chi connectivity index (χ1v) is 3.25. The van der Waals surface area contributed by atoms with Gasteiger partial charge in [-0.15, -0.1) is 0 Å². The average Bonchev–Trinajstić information content (AvgIpc) is 1.96. The summed E-state index contributed by atoms with van der Waals surface area (Å²) in [5, 5.41) is 8.13. The molecule has 0 bridgehead atoms. The van der Waals surface area contributed by atoms with E-state index in [1.807, 2.05) is 0 Å². The molecule has 12 heavy (non-hydrogen) atoms. The molecule has 0 radical (unpaired) electrons. The van der Waals surface area contributed by atoms with Crippen LogP contribution in [0.1, 0.15) is 10.4 Å². The number of carboxylic acids is 1. The predicted octanol–water partition coefficient (Wildman–Crippen LogP) is 1.15. The third-order valence-corrected chi connectivity index (χ3v) is 1.48. The Labute approximate surface area is 71.8 Å². The lowest BCUT2D eigenvalue weighted by Crippen LogP contribution is -2.03. The van der Waals surface area contributed by atoms with Crippen LogP contribution in [0.4, 0.5) is 10.2 Å². The maximum atomic E-state index is 12.6. The number of carbonyl (C=O) groups is 1. The highest BCUT2D eigenvalue weighted by Crippen LogP contribution is 2.17. The second kappa shape index (κ2) is 2.94. The molecule has 0 aromatic carbocycles. The Morgan fingerprint density at radius 1 is 1.75 bits per heavy atom. The Bertz CT molecular complexity index is 343. The number of aromatic carboxylic acids is 1. The van der Waals surface area contributed by atoms with E-state index in [2.05, 4.69) is 4.98 Å². The van der Waals surface area contributed by atoms with Gasteiger partial charge >= 0.3 is 5.97 Å². The number of rotatable bonds is 1. The summed E-state index contributed by atoms with van der Waals surface area (Å²) in [7, 11) is 0. The van der Waals surface area contributed by atoms with Crippen molar-refractivity contribution < 1.29 is 14.3 Å². The number of nitrogens with two attached hydrogens (primary N) is 1. The van der Waals surface area contributed by atoms with E-state index in [1.54, 1.807) is 0 Å². The van der Waals surface area contributed by atoms with Crippen LogP contribution in [-0.2, 0) is 0 Å². The lowest BCUT2D eigenvalue weighted by molar-refractivity contribution is 0.0696. The van der Waals surface area contributed by atoms with E-state index in [-0.39, 0.29) is 5.15 Å². The van der Waals surface area contributed by atoms with Gasteiger partial charge in [0.1, 0.15) is 5.15 Å². The van der Waals surface area contributed by atoms with Crippen LogP contribution >= 0.6 is 11.6 Å². The highest BCUT2D eigenvalue weighted by Gasteiger charge is 2.13. The number of anilines is 1. The van der Waals surface area contributed by atoms with E-state index in [1.165, 1.54) is 0 Å². The molecule has 3 N–H and O–H groups in total. The molecule has 0 atom stereocenters. The molecule has 4 nitrogen and oxygen atoms in total. The molecule has 1 aromatic heterocycles. The summed E-state index contributed by atoms with van der Waals surface area (Å²) in [5.41, 5.74) is 4.63. The third kappa shape index (κ3) is 1.45. The van der Waals surface area contributed by atoms with E-state index in [0.29, 0.717) is 0 Å². The van der Waals surface area contributed by atoms with Crippen LogP contribution in [0.15, 0.2) is 6.07 Å². The minimum Gasteiger partial charge on any atom is -0.478 e. The van der Waals surface area contributed by atoms with Gasteiger partial charge in [0.05, 0.1) is 5.56 Å². The fourth-order valence-corrected chi connectivity index (χ4v) is 0.856. The first-order valence-electron chi connectivity index (χ1n) is 2.87. The highest BCUT2D eigenvalue weighted by atomic mass is 35.5. The SMILES string of the molecule is Nc1nc(Cl)c(C(=O)O)cc1F. The van der Waals surface area contributed by atoms with Gasteiger partial charge in [-0.1, -0.05) is 11.6 Å². The molecule has 64 valence electrons. The Morgan fingerprint density at radius 2 is 2.33 bits per heavy atom. The Kier molecular flexibility index (Phi) is 2.14. The predicted molar refractivity (Wildman–Crippen MR) is 40.6 cm³/mol. The zero-order valence-corrected chi connectivity index (χ0v) is 6.47. The van der Waals surface area contributed by atoms with Gasteiger partial charge in [-0.25, -0.2) is 14.2 Å². The second-order valence-corrected chi connectivity index (χ2v) is 2.36. The first-order chi connectivity index (χ1) is 5.52. The molecule has 0 saturated heterocycles. The summed E-state index contributed by atoms with van der Waals surface area (Å²) in [5.74, 6) is -2.65. The van der Waals surface area contributed by atoms with Crippen molar-refractivity contribution in [1.29, 1.82) is 0 Å². The molecule has 0 aliphatic rings. The van der Waals surface area contributed by atoms with Gasteiger partial charge in [-0.3, -0.25) is 0 Å². The summed E-state index contributed by atoms with van der Waals surface area (Å²) < 4.78 is 12.6.